The molecule has 1 aliphatic rings. The van der Waals surface area contributed by atoms with Crippen LogP contribution in [-0.2, 0) is 24.3 Å². The summed E-state index contributed by atoms with van der Waals surface area (Å²) < 4.78 is 33.5. The molecule has 1 amide bonds. The first kappa shape index (κ1) is 24.7. The van der Waals surface area contributed by atoms with Gasteiger partial charge in [0.1, 0.15) is 4.21 Å². The molecule has 1 aliphatic heterocycles. The molecule has 0 spiro atoms. The van der Waals surface area contributed by atoms with Crippen molar-refractivity contribution in [2.75, 3.05) is 44.7 Å². The molecule has 1 fully saturated rings. The number of hydrogen-bond acceptors (Lipinski definition) is 9. The topological polar surface area (TPSA) is 138 Å². The molecule has 0 unspecified atom stereocenters. The number of thiophene rings is 1. The number of nitrogens with zero attached hydrogens (tertiary/aromatic N) is 2. The second kappa shape index (κ2) is 11.3. The molecule has 0 aliphatic carbocycles. The summed E-state index contributed by atoms with van der Waals surface area (Å²) in [7, 11) is -3.61. The van der Waals surface area contributed by atoms with Gasteiger partial charge in [0.25, 0.3) is 0 Å². The van der Waals surface area contributed by atoms with Gasteiger partial charge in [0, 0.05) is 43.9 Å². The number of amides is 1. The van der Waals surface area contributed by atoms with Gasteiger partial charge in [-0.25, -0.2) is 18.1 Å². The van der Waals surface area contributed by atoms with Gasteiger partial charge in [-0.1, -0.05) is 11.3 Å². The van der Waals surface area contributed by atoms with E-state index in [0.29, 0.717) is 37.1 Å². The number of anilines is 1. The second-order valence-corrected chi connectivity index (χ2v) is 11.3. The van der Waals surface area contributed by atoms with Crippen molar-refractivity contribution in [2.45, 2.75) is 30.4 Å². The normalized spacial score (nSPS) is 15.0. The summed E-state index contributed by atoms with van der Waals surface area (Å²) in [6.45, 7) is 5.68. The highest BCUT2D eigenvalue weighted by Crippen LogP contribution is 2.38. The Morgan fingerprint density at radius 2 is 1.97 bits per heavy atom. The molecule has 176 valence electrons. The van der Waals surface area contributed by atoms with E-state index < -0.39 is 16.0 Å². The molecular weight excluding hydrogens is 476 g/mol. The molecule has 2 aromatic heterocycles. The van der Waals surface area contributed by atoms with Crippen LogP contribution in [0.1, 0.15) is 25.0 Å². The zero-order valence-electron chi connectivity index (χ0n) is 17.6. The number of thiazole rings is 1. The van der Waals surface area contributed by atoms with E-state index in [2.05, 4.69) is 19.9 Å². The van der Waals surface area contributed by atoms with E-state index in [1.807, 2.05) is 0 Å². The Morgan fingerprint density at radius 1 is 1.22 bits per heavy atom. The zero-order chi connectivity index (χ0) is 23.1. The minimum absolute atomic E-state index is 0.0670. The third-order valence-corrected chi connectivity index (χ3v) is 9.02. The van der Waals surface area contributed by atoms with E-state index in [4.69, 9.17) is 9.84 Å². The molecule has 2 aromatic rings. The fourth-order valence-corrected chi connectivity index (χ4v) is 6.60. The molecule has 3 rings (SSSR count). The Balaban J connectivity index is 1.58. The molecule has 3 heterocycles. The maximum Gasteiger partial charge on any atom is 0.303 e. The number of rotatable bonds is 11. The molecule has 3 N–H and O–H groups in total. The van der Waals surface area contributed by atoms with Crippen molar-refractivity contribution in [3.63, 3.8) is 0 Å². The molecule has 1 saturated heterocycles. The van der Waals surface area contributed by atoms with Crippen molar-refractivity contribution in [1.82, 2.24) is 14.6 Å². The summed E-state index contributed by atoms with van der Waals surface area (Å²) >= 11 is 2.41. The number of carbonyl (C=O) groups is 2. The minimum atomic E-state index is -3.61. The largest absolute Gasteiger partial charge is 0.481 e. The molecule has 13 heteroatoms. The van der Waals surface area contributed by atoms with Crippen molar-refractivity contribution in [3.8, 4) is 9.75 Å². The number of morpholine rings is 1. The highest BCUT2D eigenvalue weighted by atomic mass is 32.2. The molecule has 0 aromatic carbocycles. The van der Waals surface area contributed by atoms with Crippen LogP contribution in [0.4, 0.5) is 5.13 Å². The van der Waals surface area contributed by atoms with Gasteiger partial charge < -0.3 is 15.2 Å². The fourth-order valence-electron chi connectivity index (χ4n) is 3.08. The average Bonchev–Trinajstić information content (AvgIpc) is 3.35. The summed E-state index contributed by atoms with van der Waals surface area (Å²) in [5.41, 5.74) is 0.682. The first-order chi connectivity index (χ1) is 15.2. The lowest BCUT2D eigenvalue weighted by Crippen LogP contribution is -2.41. The first-order valence-corrected chi connectivity index (χ1v) is 13.3. The number of sulfonamides is 1. The van der Waals surface area contributed by atoms with Gasteiger partial charge in [0.05, 0.1) is 23.8 Å². The van der Waals surface area contributed by atoms with Crippen LogP contribution in [-0.4, -0.2) is 74.7 Å². The predicted molar refractivity (Wildman–Crippen MR) is 123 cm³/mol. The van der Waals surface area contributed by atoms with E-state index >= 15 is 0 Å². The number of carbonyl (C=O) groups excluding carboxylic acids is 1. The molecule has 0 radical (unpaired) electrons. The maximum atomic E-state index is 12.6. The van der Waals surface area contributed by atoms with Crippen LogP contribution in [0.5, 0.6) is 0 Å². The van der Waals surface area contributed by atoms with Gasteiger partial charge in [-0.05, 0) is 25.5 Å². The van der Waals surface area contributed by atoms with Gasteiger partial charge in [0.15, 0.2) is 5.13 Å². The monoisotopic (exact) mass is 502 g/mol. The molecule has 10 nitrogen and oxygen atoms in total. The van der Waals surface area contributed by atoms with Crippen molar-refractivity contribution < 1.29 is 27.9 Å². The van der Waals surface area contributed by atoms with Crippen LogP contribution in [0.15, 0.2) is 16.3 Å². The van der Waals surface area contributed by atoms with E-state index in [0.717, 1.165) is 34.2 Å². The molecule has 32 heavy (non-hydrogen) atoms. The van der Waals surface area contributed by atoms with Gasteiger partial charge in [0.2, 0.25) is 15.9 Å². The maximum absolute atomic E-state index is 12.6. The highest BCUT2D eigenvalue weighted by Gasteiger charge is 2.20. The summed E-state index contributed by atoms with van der Waals surface area (Å²) in [4.78, 5) is 30.5. The van der Waals surface area contributed by atoms with Gasteiger partial charge >= 0.3 is 5.97 Å². The van der Waals surface area contributed by atoms with E-state index in [-0.39, 0.29) is 29.4 Å². The Morgan fingerprint density at radius 3 is 2.69 bits per heavy atom. The number of hydrogen-bond donors (Lipinski definition) is 3. The van der Waals surface area contributed by atoms with Crippen LogP contribution in [0, 0.1) is 6.92 Å². The fraction of sp³-hybridized carbons (Fsp3) is 0.526. The van der Waals surface area contributed by atoms with Crippen molar-refractivity contribution in [1.29, 1.82) is 0 Å². The van der Waals surface area contributed by atoms with E-state index in [9.17, 15) is 18.0 Å². The van der Waals surface area contributed by atoms with E-state index in [1.165, 1.54) is 11.3 Å². The minimum Gasteiger partial charge on any atom is -0.481 e. The van der Waals surface area contributed by atoms with Crippen LogP contribution in [0.2, 0.25) is 0 Å². The Labute approximate surface area is 194 Å². The number of aryl methyl sites for hydroxylation is 1. The number of nitrogens with one attached hydrogen (secondary N) is 2. The van der Waals surface area contributed by atoms with Crippen LogP contribution < -0.4 is 10.0 Å². The highest BCUT2D eigenvalue weighted by molar-refractivity contribution is 7.91. The van der Waals surface area contributed by atoms with Crippen molar-refractivity contribution in [3.05, 3.63) is 17.8 Å². The van der Waals surface area contributed by atoms with Crippen molar-refractivity contribution >= 4 is 49.7 Å². The standard InChI is InChI=1S/C19H26N4O6S3/c1-13-18(31-19(21-13)22-15(24)3-2-4-16(25)26)14-5-6-17(30-14)32(27,28)20-7-8-23-9-11-29-12-10-23/h5-6,20H,2-4,7-12H2,1H3,(H,25,26)(H,21,22,24). The summed E-state index contributed by atoms with van der Waals surface area (Å²) in [5, 5.41) is 11.7. The Bertz CT molecular complexity index is 1040. The molecule has 0 atom stereocenters. The van der Waals surface area contributed by atoms with Crippen LogP contribution in [0.3, 0.4) is 0 Å². The third-order valence-electron chi connectivity index (χ3n) is 4.73. The molecular formula is C19H26N4O6S3. The predicted octanol–water partition coefficient (Wildman–Crippen LogP) is 1.98. The lowest BCUT2D eigenvalue weighted by molar-refractivity contribution is -0.137. The van der Waals surface area contributed by atoms with Crippen molar-refractivity contribution in [2.24, 2.45) is 0 Å². The number of aliphatic carboxylic acids is 1. The Kier molecular flexibility index (Phi) is 8.73. The number of ether oxygens (including phenoxy) is 1. The average molecular weight is 503 g/mol. The number of aromatic nitrogens is 1. The summed E-state index contributed by atoms with van der Waals surface area (Å²) in [6, 6.07) is 3.31. The van der Waals surface area contributed by atoms with Gasteiger partial charge in [-0.3, -0.25) is 14.5 Å². The smallest absolute Gasteiger partial charge is 0.303 e. The number of carboxylic acid groups (broad SMARTS) is 1. The van der Waals surface area contributed by atoms with E-state index in [1.54, 1.807) is 19.1 Å². The van der Waals surface area contributed by atoms with Gasteiger partial charge in [-0.2, -0.15) is 0 Å². The zero-order valence-corrected chi connectivity index (χ0v) is 20.1. The molecule has 0 saturated carbocycles. The summed E-state index contributed by atoms with van der Waals surface area (Å²) in [5.74, 6) is -1.24. The number of carboxylic acids is 1. The third kappa shape index (κ3) is 7.05. The van der Waals surface area contributed by atoms with Crippen LogP contribution >= 0.6 is 22.7 Å². The lowest BCUT2D eigenvalue weighted by atomic mass is 10.2. The Hall–Kier alpha value is -1.90. The first-order valence-electron chi connectivity index (χ1n) is 10.1. The SMILES string of the molecule is Cc1nc(NC(=O)CCCC(=O)O)sc1-c1ccc(S(=O)(=O)NCCN2CCOCC2)s1. The lowest BCUT2D eigenvalue weighted by Gasteiger charge is -2.26. The summed E-state index contributed by atoms with van der Waals surface area (Å²) in [6.07, 6.45) is 0.281. The van der Waals surface area contributed by atoms with Gasteiger partial charge in [-0.15, -0.1) is 11.3 Å². The quantitative estimate of drug-likeness (QED) is 0.424. The second-order valence-electron chi connectivity index (χ2n) is 7.20. The molecule has 0 bridgehead atoms. The van der Waals surface area contributed by atoms with Crippen LogP contribution in [0.25, 0.3) is 9.75 Å².